The van der Waals surface area contributed by atoms with Gasteiger partial charge in [-0.15, -0.1) is 0 Å². The molecular weight excluding hydrogens is 370 g/mol. The number of rotatable bonds is 13. The summed E-state index contributed by atoms with van der Waals surface area (Å²) in [6.45, 7) is 3.97. The summed E-state index contributed by atoms with van der Waals surface area (Å²) in [5, 5.41) is 0. The van der Waals surface area contributed by atoms with E-state index in [-0.39, 0.29) is 5.78 Å². The Bertz CT molecular complexity index is 864. The third-order valence-electron chi connectivity index (χ3n) is 5.40. The van der Waals surface area contributed by atoms with Crippen LogP contribution in [0.15, 0.2) is 73.1 Å². The van der Waals surface area contributed by atoms with Crippen LogP contribution in [0.1, 0.15) is 62.2 Å². The topological polar surface area (TPSA) is 31.2 Å². The molecule has 0 amide bonds. The highest BCUT2D eigenvalue weighted by Gasteiger charge is 2.06. The molecule has 3 rings (SSSR count). The molecule has 0 bridgehead atoms. The van der Waals surface area contributed by atoms with Crippen molar-refractivity contribution in [2.45, 2.75) is 58.4 Å². The molecule has 0 aliphatic carbocycles. The van der Waals surface area contributed by atoms with E-state index >= 15 is 0 Å². The van der Waals surface area contributed by atoms with Crippen molar-refractivity contribution in [1.82, 2.24) is 4.57 Å². The number of hydrogen-bond acceptors (Lipinski definition) is 2. The van der Waals surface area contributed by atoms with Crippen LogP contribution in [-0.4, -0.2) is 17.0 Å². The Morgan fingerprint density at radius 1 is 0.800 bits per heavy atom. The minimum absolute atomic E-state index is 0.233. The lowest BCUT2D eigenvalue weighted by molar-refractivity contribution is 0.0980. The number of carbonyl (C=O) groups excluding carboxylic acids is 1. The van der Waals surface area contributed by atoms with Crippen molar-refractivity contribution in [2.24, 2.45) is 0 Å². The lowest BCUT2D eigenvalue weighted by Crippen LogP contribution is -1.99. The zero-order chi connectivity index (χ0) is 21.0. The fourth-order valence-corrected chi connectivity index (χ4v) is 3.53. The Morgan fingerprint density at radius 3 is 2.10 bits per heavy atom. The molecule has 0 radical (unpaired) electrons. The predicted octanol–water partition coefficient (Wildman–Crippen LogP) is 7.17. The Morgan fingerprint density at radius 2 is 1.43 bits per heavy atom. The second-order valence-corrected chi connectivity index (χ2v) is 7.81. The normalized spacial score (nSPS) is 10.8. The molecule has 0 fully saturated rings. The van der Waals surface area contributed by atoms with Gasteiger partial charge in [-0.05, 0) is 54.7 Å². The maximum atomic E-state index is 12.1. The Labute approximate surface area is 180 Å². The highest BCUT2D eigenvalue weighted by Crippen LogP contribution is 2.23. The summed E-state index contributed by atoms with van der Waals surface area (Å²) in [7, 11) is 0. The molecule has 2 aromatic carbocycles. The van der Waals surface area contributed by atoms with Gasteiger partial charge < -0.3 is 9.30 Å². The maximum absolute atomic E-state index is 12.1. The summed E-state index contributed by atoms with van der Waals surface area (Å²) in [6, 6.07) is 20.3. The number of carbonyl (C=O) groups is 1. The van der Waals surface area contributed by atoms with Gasteiger partial charge in [-0.3, -0.25) is 4.79 Å². The predicted molar refractivity (Wildman–Crippen MR) is 124 cm³/mol. The largest absolute Gasteiger partial charge is 0.494 e. The quantitative estimate of drug-likeness (QED) is 0.224. The van der Waals surface area contributed by atoms with E-state index in [2.05, 4.69) is 48.1 Å². The molecular formula is C27H33NO2. The van der Waals surface area contributed by atoms with E-state index in [0.717, 1.165) is 54.9 Å². The number of ether oxygens (including phenoxy) is 1. The Hall–Kier alpha value is -2.81. The van der Waals surface area contributed by atoms with Crippen molar-refractivity contribution in [1.29, 1.82) is 0 Å². The van der Waals surface area contributed by atoms with E-state index in [0.29, 0.717) is 6.42 Å². The van der Waals surface area contributed by atoms with Gasteiger partial charge in [-0.2, -0.15) is 0 Å². The van der Waals surface area contributed by atoms with Gasteiger partial charge in [0.2, 0.25) is 0 Å². The molecule has 0 unspecified atom stereocenters. The zero-order valence-corrected chi connectivity index (χ0v) is 18.1. The molecule has 0 N–H and O–H groups in total. The average molecular weight is 404 g/mol. The molecule has 3 nitrogen and oxygen atoms in total. The Kier molecular flexibility index (Phi) is 8.77. The number of unbranched alkanes of at least 4 members (excludes halogenated alkanes) is 4. The summed E-state index contributed by atoms with van der Waals surface area (Å²) in [6.07, 6.45) is 11.6. The number of aryl methyl sites for hydroxylation is 1. The van der Waals surface area contributed by atoms with E-state index in [9.17, 15) is 4.79 Å². The molecule has 30 heavy (non-hydrogen) atoms. The lowest BCUT2D eigenvalue weighted by atomic mass is 10.0. The summed E-state index contributed by atoms with van der Waals surface area (Å²) >= 11 is 0. The fourth-order valence-electron chi connectivity index (χ4n) is 3.53. The van der Waals surface area contributed by atoms with Crippen molar-refractivity contribution >= 4 is 5.78 Å². The molecule has 0 aliphatic heterocycles. The van der Waals surface area contributed by atoms with Gasteiger partial charge in [-0.25, -0.2) is 0 Å². The minimum atomic E-state index is 0.233. The first-order valence-corrected chi connectivity index (χ1v) is 11.2. The zero-order valence-electron chi connectivity index (χ0n) is 18.1. The number of nitrogens with zero attached hydrogens (tertiary/aromatic N) is 1. The summed E-state index contributed by atoms with van der Waals surface area (Å²) in [5.41, 5.74) is 3.07. The summed E-state index contributed by atoms with van der Waals surface area (Å²) in [5.74, 6) is 1.15. The van der Waals surface area contributed by atoms with Crippen LogP contribution in [0.4, 0.5) is 0 Å². The summed E-state index contributed by atoms with van der Waals surface area (Å²) < 4.78 is 8.12. The van der Waals surface area contributed by atoms with E-state index in [1.807, 2.05) is 36.4 Å². The second-order valence-electron chi connectivity index (χ2n) is 7.81. The first-order chi connectivity index (χ1) is 14.8. The van der Waals surface area contributed by atoms with Gasteiger partial charge in [-0.1, -0.05) is 62.6 Å². The molecule has 0 aliphatic rings. The van der Waals surface area contributed by atoms with Gasteiger partial charge >= 0.3 is 0 Å². The van der Waals surface area contributed by atoms with Crippen LogP contribution in [0, 0.1) is 0 Å². The highest BCUT2D eigenvalue weighted by atomic mass is 16.5. The highest BCUT2D eigenvalue weighted by molar-refractivity contribution is 5.96. The molecule has 0 saturated heterocycles. The maximum Gasteiger partial charge on any atom is 0.162 e. The first kappa shape index (κ1) is 21.9. The molecule has 0 saturated carbocycles. The SMILES string of the molecule is CCCCC(=O)c1ccc(-c2ccc(OCCCCCCn3cccc3)cc2)cc1. The molecule has 3 aromatic rings. The third kappa shape index (κ3) is 6.91. The van der Waals surface area contributed by atoms with Crippen LogP contribution in [0.5, 0.6) is 5.75 Å². The van der Waals surface area contributed by atoms with Crippen molar-refractivity contribution in [2.75, 3.05) is 6.61 Å². The number of benzene rings is 2. The van der Waals surface area contributed by atoms with Gasteiger partial charge in [0.05, 0.1) is 6.61 Å². The van der Waals surface area contributed by atoms with Gasteiger partial charge in [0.25, 0.3) is 0 Å². The number of hydrogen-bond donors (Lipinski definition) is 0. The smallest absolute Gasteiger partial charge is 0.162 e. The van der Waals surface area contributed by atoms with Crippen LogP contribution < -0.4 is 4.74 Å². The van der Waals surface area contributed by atoms with Crippen molar-refractivity contribution in [3.8, 4) is 16.9 Å². The van der Waals surface area contributed by atoms with Crippen molar-refractivity contribution < 1.29 is 9.53 Å². The van der Waals surface area contributed by atoms with Crippen LogP contribution >= 0.6 is 0 Å². The minimum Gasteiger partial charge on any atom is -0.494 e. The molecule has 1 heterocycles. The van der Waals surface area contributed by atoms with Crippen molar-refractivity contribution in [3.05, 3.63) is 78.6 Å². The van der Waals surface area contributed by atoms with Gasteiger partial charge in [0, 0.05) is 30.9 Å². The number of aromatic nitrogens is 1. The van der Waals surface area contributed by atoms with Crippen LogP contribution in [-0.2, 0) is 6.54 Å². The second kappa shape index (κ2) is 12.0. The van der Waals surface area contributed by atoms with E-state index in [4.69, 9.17) is 4.74 Å². The number of Topliss-reactive ketones (excluding diaryl/α,β-unsaturated/α-hetero) is 1. The first-order valence-electron chi connectivity index (χ1n) is 11.2. The van der Waals surface area contributed by atoms with Crippen molar-refractivity contribution in [3.63, 3.8) is 0 Å². The molecule has 158 valence electrons. The monoisotopic (exact) mass is 403 g/mol. The van der Waals surface area contributed by atoms with E-state index in [1.54, 1.807) is 0 Å². The van der Waals surface area contributed by atoms with Gasteiger partial charge in [0.15, 0.2) is 5.78 Å². The number of ketones is 1. The van der Waals surface area contributed by atoms with E-state index in [1.165, 1.54) is 19.3 Å². The summed E-state index contributed by atoms with van der Waals surface area (Å²) in [4.78, 5) is 12.1. The third-order valence-corrected chi connectivity index (χ3v) is 5.40. The van der Waals surface area contributed by atoms with Crippen LogP contribution in [0.2, 0.25) is 0 Å². The van der Waals surface area contributed by atoms with Gasteiger partial charge in [0.1, 0.15) is 5.75 Å². The molecule has 0 atom stereocenters. The average Bonchev–Trinajstić information content (AvgIpc) is 3.31. The molecule has 3 heteroatoms. The molecule has 0 spiro atoms. The molecule has 1 aromatic heterocycles. The standard InChI is InChI=1S/C27H33NO2/c1-2-3-10-27(29)25-13-11-23(12-14-25)24-15-17-26(18-16-24)30-22-9-5-4-6-19-28-20-7-8-21-28/h7-8,11-18,20-21H,2-6,9-10,19,22H2,1H3. The van der Waals surface area contributed by atoms with E-state index < -0.39 is 0 Å². The van der Waals surface area contributed by atoms with Crippen LogP contribution in [0.3, 0.4) is 0 Å². The lowest BCUT2D eigenvalue weighted by Gasteiger charge is -2.08. The fraction of sp³-hybridized carbons (Fsp3) is 0.370. The van der Waals surface area contributed by atoms with Crippen LogP contribution in [0.25, 0.3) is 11.1 Å². The Balaban J connectivity index is 1.37.